The summed E-state index contributed by atoms with van der Waals surface area (Å²) in [5.74, 6) is 0. The summed E-state index contributed by atoms with van der Waals surface area (Å²) in [5, 5.41) is 8.55. The summed E-state index contributed by atoms with van der Waals surface area (Å²) >= 11 is 0. The van der Waals surface area contributed by atoms with Crippen LogP contribution in [0.25, 0.3) is 0 Å². The average Bonchev–Trinajstić information content (AvgIpc) is 2.39. The molecule has 0 unspecified atom stereocenters. The molecule has 1 heterocycles. The molecular formula is C9H14N2O5S. The lowest BCUT2D eigenvalue weighted by molar-refractivity contribution is 0.0360. The molecule has 0 aromatic rings. The average molecular weight is 262 g/mol. The van der Waals surface area contributed by atoms with Crippen molar-refractivity contribution in [1.82, 2.24) is 4.31 Å². The fourth-order valence-electron chi connectivity index (χ4n) is 1.27. The number of hydrogen-bond donors (Lipinski definition) is 0. The maximum Gasteiger partial charge on any atom is 0.426 e. The fourth-order valence-corrected chi connectivity index (χ4v) is 2.43. The Morgan fingerprint density at radius 1 is 1.59 bits per heavy atom. The molecule has 1 aliphatic heterocycles. The van der Waals surface area contributed by atoms with Crippen molar-refractivity contribution in [3.05, 3.63) is 0 Å². The minimum Gasteiger partial charge on any atom is -0.443 e. The molecule has 0 bridgehead atoms. The number of nitrogens with zero attached hydrogens (tertiary/aromatic N) is 2. The van der Waals surface area contributed by atoms with E-state index in [1.807, 2.05) is 0 Å². The van der Waals surface area contributed by atoms with Gasteiger partial charge < -0.3 is 4.74 Å². The van der Waals surface area contributed by atoms with E-state index in [0.717, 1.165) is 0 Å². The van der Waals surface area contributed by atoms with Gasteiger partial charge in [-0.1, -0.05) is 0 Å². The second-order valence-corrected chi connectivity index (χ2v) is 6.02. The molecule has 1 aliphatic rings. The zero-order valence-corrected chi connectivity index (χ0v) is 10.7. The van der Waals surface area contributed by atoms with E-state index < -0.39 is 28.0 Å². The smallest absolute Gasteiger partial charge is 0.426 e. The van der Waals surface area contributed by atoms with Crippen molar-refractivity contribution in [2.75, 3.05) is 6.61 Å². The number of hydrogen-bond acceptors (Lipinski definition) is 6. The molecule has 1 rings (SSSR count). The molecule has 1 fully saturated rings. The summed E-state index contributed by atoms with van der Waals surface area (Å²) in [4.78, 5) is 11.7. The SMILES string of the molecule is CC(C)(C)OC(=O)N1[C@@H](CC#N)COS1(=O)=O. The van der Waals surface area contributed by atoms with Crippen LogP contribution < -0.4 is 0 Å². The molecule has 0 radical (unpaired) electrons. The van der Waals surface area contributed by atoms with Crippen LogP contribution in [0.5, 0.6) is 0 Å². The predicted molar refractivity (Wildman–Crippen MR) is 57.0 cm³/mol. The molecule has 0 saturated carbocycles. The second kappa shape index (κ2) is 4.50. The van der Waals surface area contributed by atoms with Crippen molar-refractivity contribution < 1.29 is 22.1 Å². The number of carbonyl (C=O) groups excluding carboxylic acids is 1. The van der Waals surface area contributed by atoms with Crippen LogP contribution in [-0.2, 0) is 19.2 Å². The molecule has 96 valence electrons. The van der Waals surface area contributed by atoms with Crippen molar-refractivity contribution in [3.63, 3.8) is 0 Å². The Hall–Kier alpha value is -1.33. The number of carbonyl (C=O) groups is 1. The highest BCUT2D eigenvalue weighted by Crippen LogP contribution is 2.23. The largest absolute Gasteiger partial charge is 0.443 e. The monoisotopic (exact) mass is 262 g/mol. The second-order valence-electron chi connectivity index (χ2n) is 4.53. The van der Waals surface area contributed by atoms with Gasteiger partial charge >= 0.3 is 16.4 Å². The first-order valence-electron chi connectivity index (χ1n) is 4.96. The van der Waals surface area contributed by atoms with Gasteiger partial charge in [-0.15, -0.1) is 0 Å². The maximum absolute atomic E-state index is 11.7. The highest BCUT2D eigenvalue weighted by atomic mass is 32.2. The van der Waals surface area contributed by atoms with E-state index >= 15 is 0 Å². The zero-order chi connectivity index (χ0) is 13.3. The summed E-state index contributed by atoms with van der Waals surface area (Å²) in [5.41, 5.74) is -0.813. The van der Waals surface area contributed by atoms with Gasteiger partial charge in [-0.3, -0.25) is 4.18 Å². The van der Waals surface area contributed by atoms with Gasteiger partial charge in [0.2, 0.25) is 0 Å². The van der Waals surface area contributed by atoms with E-state index in [2.05, 4.69) is 4.18 Å². The van der Waals surface area contributed by atoms with Crippen LogP contribution in [0.1, 0.15) is 27.2 Å². The van der Waals surface area contributed by atoms with Gasteiger partial charge in [0.05, 0.1) is 25.1 Å². The minimum atomic E-state index is -4.12. The number of rotatable bonds is 1. The lowest BCUT2D eigenvalue weighted by Gasteiger charge is -2.24. The maximum atomic E-state index is 11.7. The quantitative estimate of drug-likeness (QED) is 0.692. The molecular weight excluding hydrogens is 248 g/mol. The molecule has 0 aromatic heterocycles. The summed E-state index contributed by atoms with van der Waals surface area (Å²) < 4.78 is 32.9. The number of ether oxygens (including phenoxy) is 1. The van der Waals surface area contributed by atoms with Crippen LogP contribution in [0, 0.1) is 11.3 Å². The molecule has 1 saturated heterocycles. The third-order valence-electron chi connectivity index (χ3n) is 1.88. The van der Waals surface area contributed by atoms with Crippen molar-refractivity contribution in [2.45, 2.75) is 38.8 Å². The van der Waals surface area contributed by atoms with Gasteiger partial charge in [0.25, 0.3) is 0 Å². The van der Waals surface area contributed by atoms with Crippen LogP contribution in [0.3, 0.4) is 0 Å². The minimum absolute atomic E-state index is 0.127. The van der Waals surface area contributed by atoms with Gasteiger partial charge in [0.15, 0.2) is 0 Å². The Kier molecular flexibility index (Phi) is 3.64. The predicted octanol–water partition coefficient (Wildman–Crippen LogP) is 0.781. The molecule has 0 aromatic carbocycles. The summed E-state index contributed by atoms with van der Waals surface area (Å²) in [7, 11) is -4.12. The van der Waals surface area contributed by atoms with Crippen molar-refractivity contribution in [1.29, 1.82) is 5.26 Å². The first kappa shape index (κ1) is 13.7. The van der Waals surface area contributed by atoms with Crippen LogP contribution in [0.2, 0.25) is 0 Å². The summed E-state index contributed by atoms with van der Waals surface area (Å²) in [6.07, 6.45) is -1.14. The van der Waals surface area contributed by atoms with Gasteiger partial charge in [0, 0.05) is 0 Å². The van der Waals surface area contributed by atoms with Gasteiger partial charge in [-0.05, 0) is 20.8 Å². The van der Waals surface area contributed by atoms with E-state index in [1.54, 1.807) is 26.8 Å². The summed E-state index contributed by atoms with van der Waals surface area (Å²) in [6, 6.07) is 0.982. The Labute approximate surface area is 100 Å². The first-order valence-corrected chi connectivity index (χ1v) is 6.32. The Morgan fingerprint density at radius 2 is 2.18 bits per heavy atom. The molecule has 1 amide bonds. The van der Waals surface area contributed by atoms with Crippen LogP contribution in [0.4, 0.5) is 4.79 Å². The highest BCUT2D eigenvalue weighted by molar-refractivity contribution is 7.85. The summed E-state index contributed by atoms with van der Waals surface area (Å²) in [6.45, 7) is 4.64. The Bertz CT molecular complexity index is 445. The fraction of sp³-hybridized carbons (Fsp3) is 0.778. The highest BCUT2D eigenvalue weighted by Gasteiger charge is 2.44. The van der Waals surface area contributed by atoms with Gasteiger partial charge in [-0.2, -0.15) is 18.0 Å². The van der Waals surface area contributed by atoms with Crippen LogP contribution in [-0.4, -0.2) is 37.1 Å². The first-order chi connectivity index (χ1) is 7.67. The number of nitriles is 1. The molecule has 17 heavy (non-hydrogen) atoms. The Balaban J connectivity index is 2.91. The van der Waals surface area contributed by atoms with Crippen LogP contribution in [0.15, 0.2) is 0 Å². The third-order valence-corrected chi connectivity index (χ3v) is 3.25. The van der Waals surface area contributed by atoms with E-state index in [9.17, 15) is 13.2 Å². The Morgan fingerprint density at radius 3 is 2.65 bits per heavy atom. The van der Waals surface area contributed by atoms with Gasteiger partial charge in [-0.25, -0.2) is 4.79 Å². The van der Waals surface area contributed by atoms with E-state index in [1.165, 1.54) is 0 Å². The van der Waals surface area contributed by atoms with Crippen molar-refractivity contribution in [3.8, 4) is 6.07 Å². The number of amides is 1. The normalized spacial score (nSPS) is 23.2. The third kappa shape index (κ3) is 3.31. The van der Waals surface area contributed by atoms with E-state index in [4.69, 9.17) is 10.00 Å². The van der Waals surface area contributed by atoms with Gasteiger partial charge in [0.1, 0.15) is 5.60 Å². The van der Waals surface area contributed by atoms with Crippen molar-refractivity contribution >= 4 is 16.4 Å². The topological polar surface area (TPSA) is 96.7 Å². The molecule has 0 N–H and O–H groups in total. The molecule has 0 aliphatic carbocycles. The standard InChI is InChI=1S/C9H14N2O5S/c1-9(2,3)16-8(12)11-7(4-5-10)6-15-17(11,13)14/h7H,4,6H2,1-3H3/t7-/m0/s1. The molecule has 8 heteroatoms. The van der Waals surface area contributed by atoms with E-state index in [0.29, 0.717) is 4.31 Å². The lowest BCUT2D eigenvalue weighted by atomic mass is 10.2. The molecule has 0 spiro atoms. The van der Waals surface area contributed by atoms with E-state index in [-0.39, 0.29) is 13.0 Å². The van der Waals surface area contributed by atoms with Crippen molar-refractivity contribution in [2.24, 2.45) is 0 Å². The molecule has 1 atom stereocenters. The zero-order valence-electron chi connectivity index (χ0n) is 9.84. The lowest BCUT2D eigenvalue weighted by Crippen LogP contribution is -2.42. The molecule has 7 nitrogen and oxygen atoms in total. The van der Waals surface area contributed by atoms with Crippen LogP contribution >= 0.6 is 0 Å².